The normalized spacial score (nSPS) is 11.5. The number of benzene rings is 2. The van der Waals surface area contributed by atoms with Crippen molar-refractivity contribution in [3.05, 3.63) is 71.5 Å². The van der Waals surface area contributed by atoms with Gasteiger partial charge in [0.05, 0.1) is 13.2 Å². The average molecular weight is 374 g/mol. The second-order valence-electron chi connectivity index (χ2n) is 5.47. The molecule has 0 bridgehead atoms. The van der Waals surface area contributed by atoms with Crippen molar-refractivity contribution in [1.29, 1.82) is 0 Å². The number of ketones is 1. The van der Waals surface area contributed by atoms with Gasteiger partial charge in [-0.3, -0.25) is 4.79 Å². The van der Waals surface area contributed by atoms with Gasteiger partial charge in [0.25, 0.3) is 6.10 Å². The van der Waals surface area contributed by atoms with Crippen LogP contribution in [-0.4, -0.2) is 37.0 Å². The molecule has 0 saturated carbocycles. The Morgan fingerprint density at radius 3 is 2.30 bits per heavy atom. The predicted octanol–water partition coefficient (Wildman–Crippen LogP) is 2.70. The first-order valence-electron chi connectivity index (χ1n) is 8.28. The molecule has 0 aromatic heterocycles. The van der Waals surface area contributed by atoms with Crippen LogP contribution in [0.5, 0.6) is 0 Å². The molecule has 2 rings (SSSR count). The first-order valence-corrected chi connectivity index (χ1v) is 8.28. The largest absolute Gasteiger partial charge is 0.463 e. The van der Waals surface area contributed by atoms with Crippen LogP contribution >= 0.6 is 0 Å². The van der Waals surface area contributed by atoms with Crippen LogP contribution in [0.4, 0.5) is 4.39 Å². The van der Waals surface area contributed by atoms with Gasteiger partial charge in [0, 0.05) is 5.56 Å². The van der Waals surface area contributed by atoms with E-state index in [9.17, 15) is 18.8 Å². The van der Waals surface area contributed by atoms with E-state index in [1.807, 2.05) is 30.3 Å². The molecule has 0 fully saturated rings. The van der Waals surface area contributed by atoms with Gasteiger partial charge in [-0.15, -0.1) is 0 Å². The highest BCUT2D eigenvalue weighted by molar-refractivity contribution is 6.12. The number of Topliss-reactive ketones (excluding diaryl/α,β-unsaturated/α-hetero) is 1. The molecule has 2 aromatic rings. The molecule has 0 spiro atoms. The van der Waals surface area contributed by atoms with E-state index in [0.29, 0.717) is 0 Å². The standard InChI is InChI=1S/C20H19FO6/c1-2-26-20(24)19(18(23)15-8-10-16(21)11-9-15)27-17(22)13-25-12-14-6-4-3-5-7-14/h3-11,19H,2,12-13H2,1H3. The Morgan fingerprint density at radius 2 is 1.67 bits per heavy atom. The third-order valence-corrected chi connectivity index (χ3v) is 3.45. The maximum absolute atomic E-state index is 13.0. The summed E-state index contributed by atoms with van der Waals surface area (Å²) in [5.41, 5.74) is 0.877. The van der Waals surface area contributed by atoms with Crippen LogP contribution in [-0.2, 0) is 30.4 Å². The molecular weight excluding hydrogens is 355 g/mol. The van der Waals surface area contributed by atoms with Crippen molar-refractivity contribution in [2.24, 2.45) is 0 Å². The summed E-state index contributed by atoms with van der Waals surface area (Å²) < 4.78 is 28.0. The second kappa shape index (κ2) is 10.2. The number of ether oxygens (including phenoxy) is 3. The number of carbonyl (C=O) groups is 3. The number of rotatable bonds is 9. The molecule has 1 atom stereocenters. The molecule has 27 heavy (non-hydrogen) atoms. The number of halogens is 1. The van der Waals surface area contributed by atoms with Crippen LogP contribution in [0.3, 0.4) is 0 Å². The van der Waals surface area contributed by atoms with Crippen LogP contribution < -0.4 is 0 Å². The highest BCUT2D eigenvalue weighted by atomic mass is 19.1. The maximum atomic E-state index is 13.0. The van der Waals surface area contributed by atoms with Gasteiger partial charge in [0.1, 0.15) is 12.4 Å². The lowest BCUT2D eigenvalue weighted by atomic mass is 10.1. The fourth-order valence-corrected chi connectivity index (χ4v) is 2.18. The van der Waals surface area contributed by atoms with E-state index >= 15 is 0 Å². The Bertz CT molecular complexity index is 773. The maximum Gasteiger partial charge on any atom is 0.355 e. The Hall–Kier alpha value is -3.06. The van der Waals surface area contributed by atoms with E-state index < -0.39 is 36.2 Å². The van der Waals surface area contributed by atoms with Crippen LogP contribution in [0, 0.1) is 5.82 Å². The minimum absolute atomic E-state index is 0.00802. The summed E-state index contributed by atoms with van der Waals surface area (Å²) in [6, 6.07) is 13.7. The van der Waals surface area contributed by atoms with Crippen molar-refractivity contribution in [3.63, 3.8) is 0 Å². The van der Waals surface area contributed by atoms with Gasteiger partial charge in [0.15, 0.2) is 0 Å². The Balaban J connectivity index is 1.98. The minimum atomic E-state index is -1.77. The Kier molecular flexibility index (Phi) is 7.63. The summed E-state index contributed by atoms with van der Waals surface area (Å²) in [5, 5.41) is 0. The van der Waals surface area contributed by atoms with E-state index in [2.05, 4.69) is 0 Å². The fourth-order valence-electron chi connectivity index (χ4n) is 2.18. The topological polar surface area (TPSA) is 78.9 Å². The van der Waals surface area contributed by atoms with E-state index in [1.165, 1.54) is 12.1 Å². The molecule has 0 amide bonds. The van der Waals surface area contributed by atoms with Gasteiger partial charge in [-0.1, -0.05) is 30.3 Å². The van der Waals surface area contributed by atoms with E-state index in [4.69, 9.17) is 14.2 Å². The highest BCUT2D eigenvalue weighted by Crippen LogP contribution is 2.11. The van der Waals surface area contributed by atoms with Crippen LogP contribution in [0.25, 0.3) is 0 Å². The van der Waals surface area contributed by atoms with Gasteiger partial charge in [-0.05, 0) is 36.8 Å². The molecule has 6 nitrogen and oxygen atoms in total. The van der Waals surface area contributed by atoms with Gasteiger partial charge >= 0.3 is 11.9 Å². The quantitative estimate of drug-likeness (QED) is 0.381. The summed E-state index contributed by atoms with van der Waals surface area (Å²) in [6.07, 6.45) is -1.77. The van der Waals surface area contributed by atoms with Crippen molar-refractivity contribution in [2.75, 3.05) is 13.2 Å². The molecule has 142 valence electrons. The average Bonchev–Trinajstić information content (AvgIpc) is 2.67. The SMILES string of the molecule is CCOC(=O)C(OC(=O)COCc1ccccc1)C(=O)c1ccc(F)cc1. The Morgan fingerprint density at radius 1 is 1.00 bits per heavy atom. The third kappa shape index (κ3) is 6.31. The lowest BCUT2D eigenvalue weighted by molar-refractivity contribution is -0.166. The van der Waals surface area contributed by atoms with Gasteiger partial charge in [-0.2, -0.15) is 0 Å². The molecule has 7 heteroatoms. The highest BCUT2D eigenvalue weighted by Gasteiger charge is 2.33. The molecule has 0 N–H and O–H groups in total. The zero-order valence-corrected chi connectivity index (χ0v) is 14.7. The molecule has 1 unspecified atom stereocenters. The van der Waals surface area contributed by atoms with Gasteiger partial charge < -0.3 is 14.2 Å². The van der Waals surface area contributed by atoms with Gasteiger partial charge in [-0.25, -0.2) is 14.0 Å². The molecule has 0 aliphatic carbocycles. The van der Waals surface area contributed by atoms with Crippen molar-refractivity contribution < 1.29 is 33.0 Å². The molecule has 0 aliphatic rings. The lowest BCUT2D eigenvalue weighted by Gasteiger charge is -2.15. The molecular formula is C20H19FO6. The van der Waals surface area contributed by atoms with Crippen LogP contribution in [0.2, 0.25) is 0 Å². The second-order valence-corrected chi connectivity index (χ2v) is 5.47. The van der Waals surface area contributed by atoms with Crippen LogP contribution in [0.1, 0.15) is 22.8 Å². The zero-order chi connectivity index (χ0) is 19.6. The smallest absolute Gasteiger partial charge is 0.355 e. The van der Waals surface area contributed by atoms with E-state index in [1.54, 1.807) is 6.92 Å². The summed E-state index contributed by atoms with van der Waals surface area (Å²) >= 11 is 0. The number of hydrogen-bond donors (Lipinski definition) is 0. The first-order chi connectivity index (χ1) is 13.0. The Labute approximate surface area is 155 Å². The van der Waals surface area contributed by atoms with Gasteiger partial charge in [0.2, 0.25) is 5.78 Å². The summed E-state index contributed by atoms with van der Waals surface area (Å²) in [6.45, 7) is 1.30. The number of hydrogen-bond acceptors (Lipinski definition) is 6. The van der Waals surface area contributed by atoms with Crippen LogP contribution in [0.15, 0.2) is 54.6 Å². The zero-order valence-electron chi connectivity index (χ0n) is 14.7. The van der Waals surface area contributed by atoms with Crippen molar-refractivity contribution in [1.82, 2.24) is 0 Å². The number of carbonyl (C=O) groups excluding carboxylic acids is 3. The minimum Gasteiger partial charge on any atom is -0.463 e. The fraction of sp³-hybridized carbons (Fsp3) is 0.250. The third-order valence-electron chi connectivity index (χ3n) is 3.45. The molecule has 0 radical (unpaired) electrons. The molecule has 0 heterocycles. The summed E-state index contributed by atoms with van der Waals surface area (Å²) in [5.74, 6) is -3.22. The van der Waals surface area contributed by atoms with E-state index in [0.717, 1.165) is 17.7 Å². The first kappa shape index (κ1) is 20.3. The number of esters is 2. The monoisotopic (exact) mass is 374 g/mol. The summed E-state index contributed by atoms with van der Waals surface area (Å²) in [7, 11) is 0. The van der Waals surface area contributed by atoms with E-state index in [-0.39, 0.29) is 18.8 Å². The molecule has 0 aliphatic heterocycles. The van der Waals surface area contributed by atoms with Crippen molar-refractivity contribution in [3.8, 4) is 0 Å². The molecule has 0 saturated heterocycles. The summed E-state index contributed by atoms with van der Waals surface area (Å²) in [4.78, 5) is 36.5. The lowest BCUT2D eigenvalue weighted by Crippen LogP contribution is -2.37. The predicted molar refractivity (Wildman–Crippen MR) is 93.3 cm³/mol. The molecule has 2 aromatic carbocycles. The van der Waals surface area contributed by atoms with Crippen molar-refractivity contribution in [2.45, 2.75) is 19.6 Å². The van der Waals surface area contributed by atoms with Crippen molar-refractivity contribution >= 4 is 17.7 Å².